The van der Waals surface area contributed by atoms with Gasteiger partial charge in [0.05, 0.1) is 5.69 Å². The number of pyridine rings is 1. The Hall–Kier alpha value is -1.39. The van der Waals surface area contributed by atoms with Gasteiger partial charge < -0.3 is 10.3 Å². The van der Waals surface area contributed by atoms with Gasteiger partial charge in [0, 0.05) is 37.3 Å². The Morgan fingerprint density at radius 1 is 1.21 bits per heavy atom. The number of nitrogens with zero attached hydrogens (tertiary/aromatic N) is 2. The van der Waals surface area contributed by atoms with Gasteiger partial charge in [0.1, 0.15) is 5.65 Å². The number of nitrogens with one attached hydrogen (secondary N) is 2. The Kier molecular flexibility index (Phi) is 2.78. The van der Waals surface area contributed by atoms with Gasteiger partial charge in [-0.25, -0.2) is 4.98 Å². The van der Waals surface area contributed by atoms with E-state index in [4.69, 9.17) is 4.98 Å². The van der Waals surface area contributed by atoms with E-state index in [0.29, 0.717) is 6.04 Å². The number of piperidine rings is 1. The fourth-order valence-corrected chi connectivity index (χ4v) is 3.50. The highest BCUT2D eigenvalue weighted by molar-refractivity contribution is 5.75. The predicted octanol–water partition coefficient (Wildman–Crippen LogP) is 1.75. The second-order valence-electron chi connectivity index (χ2n) is 5.90. The minimum Gasteiger partial charge on any atom is -0.346 e. The van der Waals surface area contributed by atoms with Crippen molar-refractivity contribution < 1.29 is 0 Å². The molecule has 5 heterocycles. The zero-order valence-electron chi connectivity index (χ0n) is 11.1. The van der Waals surface area contributed by atoms with Crippen LogP contribution in [-0.4, -0.2) is 40.5 Å². The predicted molar refractivity (Wildman–Crippen MR) is 75.9 cm³/mol. The molecule has 0 aromatic carbocycles. The maximum absolute atomic E-state index is 4.73. The maximum Gasteiger partial charge on any atom is 0.137 e. The molecule has 5 rings (SSSR count). The molecule has 2 N–H and O–H groups in total. The van der Waals surface area contributed by atoms with Crippen LogP contribution in [0, 0.1) is 5.92 Å². The number of fused-ring (bicyclic) bond motifs is 5. The topological polar surface area (TPSA) is 44.0 Å². The molecule has 100 valence electrons. The molecular weight excluding hydrogens is 236 g/mol. The molecule has 0 saturated carbocycles. The molecule has 3 aliphatic heterocycles. The highest BCUT2D eigenvalue weighted by Gasteiger charge is 2.31. The molecule has 3 fully saturated rings. The summed E-state index contributed by atoms with van der Waals surface area (Å²) in [5.41, 5.74) is 2.19. The molecule has 0 radical (unpaired) electrons. The Morgan fingerprint density at radius 3 is 3.21 bits per heavy atom. The highest BCUT2D eigenvalue weighted by atomic mass is 15.2. The molecule has 3 aliphatic rings. The van der Waals surface area contributed by atoms with Crippen LogP contribution in [-0.2, 0) is 6.54 Å². The largest absolute Gasteiger partial charge is 0.346 e. The first kappa shape index (κ1) is 11.4. The van der Waals surface area contributed by atoms with Crippen LogP contribution in [0.2, 0.25) is 0 Å². The van der Waals surface area contributed by atoms with E-state index >= 15 is 0 Å². The number of hydrogen-bond donors (Lipinski definition) is 2. The average molecular weight is 256 g/mol. The summed E-state index contributed by atoms with van der Waals surface area (Å²) in [6.07, 6.45) is 4.68. The molecule has 2 aromatic rings. The molecule has 3 saturated heterocycles. The molecule has 2 atom stereocenters. The highest BCUT2D eigenvalue weighted by Crippen LogP contribution is 2.25. The monoisotopic (exact) mass is 256 g/mol. The van der Waals surface area contributed by atoms with Crippen LogP contribution in [0.3, 0.4) is 0 Å². The summed E-state index contributed by atoms with van der Waals surface area (Å²) in [6.45, 7) is 4.54. The molecule has 2 bridgehead atoms. The number of rotatable bonds is 2. The number of H-pyrrole nitrogens is 1. The lowest BCUT2D eigenvalue weighted by molar-refractivity contribution is 0.125. The smallest absolute Gasteiger partial charge is 0.137 e. The number of aromatic nitrogens is 2. The van der Waals surface area contributed by atoms with Gasteiger partial charge in [-0.1, -0.05) is 0 Å². The lowest BCUT2D eigenvalue weighted by Gasteiger charge is -2.35. The van der Waals surface area contributed by atoms with E-state index in [0.717, 1.165) is 24.7 Å². The maximum atomic E-state index is 4.73. The third kappa shape index (κ3) is 2.15. The summed E-state index contributed by atoms with van der Waals surface area (Å²) in [4.78, 5) is 10.5. The summed E-state index contributed by atoms with van der Waals surface area (Å²) in [6, 6.07) is 7.11. The molecular formula is C15H20N4. The minimum atomic E-state index is 0.694. The van der Waals surface area contributed by atoms with E-state index in [1.54, 1.807) is 0 Å². The molecule has 0 aliphatic carbocycles. The first-order chi connectivity index (χ1) is 9.38. The molecule has 0 spiro atoms. The Bertz CT molecular complexity index is 572. The summed E-state index contributed by atoms with van der Waals surface area (Å²) in [7, 11) is 0. The Balaban J connectivity index is 1.56. The van der Waals surface area contributed by atoms with Crippen LogP contribution in [0.15, 0.2) is 24.4 Å². The van der Waals surface area contributed by atoms with E-state index in [1.165, 1.54) is 37.0 Å². The van der Waals surface area contributed by atoms with Crippen LogP contribution < -0.4 is 5.32 Å². The zero-order valence-corrected chi connectivity index (χ0v) is 11.1. The van der Waals surface area contributed by atoms with Gasteiger partial charge in [0.15, 0.2) is 0 Å². The first-order valence-corrected chi connectivity index (χ1v) is 7.26. The minimum absolute atomic E-state index is 0.694. The summed E-state index contributed by atoms with van der Waals surface area (Å²) in [5, 5.41) is 4.78. The number of hydrogen-bond acceptors (Lipinski definition) is 3. The van der Waals surface area contributed by atoms with Crippen molar-refractivity contribution >= 4 is 11.0 Å². The van der Waals surface area contributed by atoms with Crippen LogP contribution in [0.4, 0.5) is 0 Å². The van der Waals surface area contributed by atoms with Crippen LogP contribution >= 0.6 is 0 Å². The van der Waals surface area contributed by atoms with Crippen molar-refractivity contribution in [2.45, 2.75) is 25.4 Å². The van der Waals surface area contributed by atoms with E-state index in [9.17, 15) is 0 Å². The molecule has 4 nitrogen and oxygen atoms in total. The van der Waals surface area contributed by atoms with Gasteiger partial charge in [-0.3, -0.25) is 4.90 Å². The summed E-state index contributed by atoms with van der Waals surface area (Å²) >= 11 is 0. The van der Waals surface area contributed by atoms with Crippen molar-refractivity contribution in [3.8, 4) is 0 Å². The first-order valence-electron chi connectivity index (χ1n) is 7.26. The van der Waals surface area contributed by atoms with E-state index in [1.807, 2.05) is 6.20 Å². The van der Waals surface area contributed by atoms with E-state index in [-0.39, 0.29) is 0 Å². The second kappa shape index (κ2) is 4.62. The fourth-order valence-electron chi connectivity index (χ4n) is 3.50. The summed E-state index contributed by atoms with van der Waals surface area (Å²) in [5.74, 6) is 0.827. The van der Waals surface area contributed by atoms with Gasteiger partial charge in [-0.2, -0.15) is 0 Å². The van der Waals surface area contributed by atoms with Crippen molar-refractivity contribution in [2.24, 2.45) is 5.92 Å². The SMILES string of the molecule is c1cc2ccc(CN3C[C@@H]4CC[C@H]3CNC4)nc2[nH]1. The number of aromatic amines is 1. The standard InChI is InChI=1S/C15H20N4/c1-4-14-8-16-7-11(1)9-19(14)10-13-3-2-12-5-6-17-15(12)18-13/h2-3,5-6,11,14,16H,1,4,7-10H2,(H,17,18)/t11-,14+/m1/s1. The lowest BCUT2D eigenvalue weighted by atomic mass is 9.95. The van der Waals surface area contributed by atoms with Crippen molar-refractivity contribution in [2.75, 3.05) is 19.6 Å². The van der Waals surface area contributed by atoms with Gasteiger partial charge in [0.25, 0.3) is 0 Å². The normalized spacial score (nSPS) is 27.8. The zero-order chi connectivity index (χ0) is 12.7. The van der Waals surface area contributed by atoms with E-state index < -0.39 is 0 Å². The summed E-state index contributed by atoms with van der Waals surface area (Å²) < 4.78 is 0. The third-order valence-corrected chi connectivity index (χ3v) is 4.56. The Labute approximate surface area is 113 Å². The Morgan fingerprint density at radius 2 is 2.21 bits per heavy atom. The van der Waals surface area contributed by atoms with Crippen molar-refractivity contribution in [3.63, 3.8) is 0 Å². The van der Waals surface area contributed by atoms with Crippen molar-refractivity contribution in [1.82, 2.24) is 20.2 Å². The van der Waals surface area contributed by atoms with Crippen LogP contribution in [0.1, 0.15) is 18.5 Å². The van der Waals surface area contributed by atoms with Gasteiger partial charge in [-0.05, 0) is 43.5 Å². The second-order valence-corrected chi connectivity index (χ2v) is 5.90. The average Bonchev–Trinajstić information content (AvgIpc) is 2.66. The fraction of sp³-hybridized carbons (Fsp3) is 0.533. The molecule has 0 amide bonds. The van der Waals surface area contributed by atoms with Crippen LogP contribution in [0.25, 0.3) is 11.0 Å². The van der Waals surface area contributed by atoms with Crippen molar-refractivity contribution in [1.29, 1.82) is 0 Å². The molecule has 4 heteroatoms. The van der Waals surface area contributed by atoms with E-state index in [2.05, 4.69) is 33.4 Å². The quantitative estimate of drug-likeness (QED) is 0.860. The van der Waals surface area contributed by atoms with Gasteiger partial charge >= 0.3 is 0 Å². The lowest BCUT2D eigenvalue weighted by Crippen LogP contribution is -2.43. The molecule has 2 aromatic heterocycles. The molecule has 19 heavy (non-hydrogen) atoms. The van der Waals surface area contributed by atoms with Gasteiger partial charge in [-0.15, -0.1) is 0 Å². The van der Waals surface area contributed by atoms with Gasteiger partial charge in [0.2, 0.25) is 0 Å². The third-order valence-electron chi connectivity index (χ3n) is 4.56. The molecule has 0 unspecified atom stereocenters. The van der Waals surface area contributed by atoms with Crippen LogP contribution in [0.5, 0.6) is 0 Å². The van der Waals surface area contributed by atoms with Crippen molar-refractivity contribution in [3.05, 3.63) is 30.1 Å².